The van der Waals surface area contributed by atoms with Crippen LogP contribution in [0.3, 0.4) is 0 Å². The van der Waals surface area contributed by atoms with Crippen LogP contribution in [0, 0.1) is 34.1 Å². The predicted octanol–water partition coefficient (Wildman–Crippen LogP) is 5.41. The molecule has 4 rings (SSSR count). The average molecular weight is 518 g/mol. The smallest absolute Gasteiger partial charge is 0.278 e. The van der Waals surface area contributed by atoms with E-state index in [4.69, 9.17) is 0 Å². The Balaban J connectivity index is 1.57. The summed E-state index contributed by atoms with van der Waals surface area (Å²) in [6, 6.07) is 17.7. The number of carbonyl (C=O) groups is 2. The molecule has 12 heteroatoms. The van der Waals surface area contributed by atoms with E-state index >= 15 is 0 Å². The van der Waals surface area contributed by atoms with Crippen molar-refractivity contribution in [3.05, 3.63) is 116 Å². The largest absolute Gasteiger partial charge is 0.321 e. The van der Waals surface area contributed by atoms with Crippen molar-refractivity contribution in [2.75, 3.05) is 5.32 Å². The van der Waals surface area contributed by atoms with Crippen molar-refractivity contribution in [1.82, 2.24) is 9.78 Å². The molecule has 0 saturated carbocycles. The van der Waals surface area contributed by atoms with Crippen LogP contribution < -0.4 is 5.32 Å². The fourth-order valence-corrected chi connectivity index (χ4v) is 4.54. The lowest BCUT2D eigenvalue weighted by molar-refractivity contribution is -0.385. The van der Waals surface area contributed by atoms with Crippen LogP contribution in [0.4, 0.5) is 17.1 Å². The number of benzene rings is 3. The van der Waals surface area contributed by atoms with E-state index in [-0.39, 0.29) is 22.5 Å². The summed E-state index contributed by atoms with van der Waals surface area (Å²) in [4.78, 5) is 47.9. The van der Waals surface area contributed by atoms with Crippen molar-refractivity contribution in [3.63, 3.8) is 0 Å². The van der Waals surface area contributed by atoms with Gasteiger partial charge in [0.25, 0.3) is 23.2 Å². The minimum Gasteiger partial charge on any atom is -0.321 e. The van der Waals surface area contributed by atoms with Crippen LogP contribution in [0.2, 0.25) is 0 Å². The first-order valence-electron chi connectivity index (χ1n) is 10.8. The zero-order chi connectivity index (χ0) is 26.7. The lowest BCUT2D eigenvalue weighted by atomic mass is 10.2. The number of nitro groups is 2. The SMILES string of the molecule is Cc1nn(C(=O)c2ccc([N+](=O)[O-])cc2)c(C)c1Sc1ccccc1NC(=O)c1ccc([N+](=O)[O-])cc1. The van der Waals surface area contributed by atoms with Crippen LogP contribution in [0.5, 0.6) is 0 Å². The number of nitrogens with one attached hydrogen (secondary N) is 1. The number of non-ortho nitro benzene ring substituents is 2. The van der Waals surface area contributed by atoms with Gasteiger partial charge in [0.05, 0.1) is 31.8 Å². The highest BCUT2D eigenvalue weighted by atomic mass is 32.2. The maximum atomic E-state index is 13.0. The van der Waals surface area contributed by atoms with Gasteiger partial charge in [0.2, 0.25) is 0 Å². The molecule has 0 aliphatic carbocycles. The molecule has 11 nitrogen and oxygen atoms in total. The fraction of sp³-hybridized carbons (Fsp3) is 0.0800. The molecule has 186 valence electrons. The fourth-order valence-electron chi connectivity index (χ4n) is 3.52. The van der Waals surface area contributed by atoms with Crippen molar-refractivity contribution in [3.8, 4) is 0 Å². The van der Waals surface area contributed by atoms with Crippen LogP contribution in [0.1, 0.15) is 32.1 Å². The molecule has 4 aromatic rings. The van der Waals surface area contributed by atoms with Gasteiger partial charge < -0.3 is 5.32 Å². The average Bonchev–Trinajstić information content (AvgIpc) is 3.17. The van der Waals surface area contributed by atoms with E-state index in [1.807, 2.05) is 6.07 Å². The highest BCUT2D eigenvalue weighted by molar-refractivity contribution is 7.99. The quantitative estimate of drug-likeness (QED) is 0.252. The number of aromatic nitrogens is 2. The lowest BCUT2D eigenvalue weighted by Gasteiger charge is -2.11. The van der Waals surface area contributed by atoms with Gasteiger partial charge in [-0.05, 0) is 50.2 Å². The number of hydrogen-bond donors (Lipinski definition) is 1. The molecular weight excluding hydrogens is 498 g/mol. The molecule has 37 heavy (non-hydrogen) atoms. The maximum absolute atomic E-state index is 13.0. The number of aryl methyl sites for hydroxylation is 1. The predicted molar refractivity (Wildman–Crippen MR) is 136 cm³/mol. The third kappa shape index (κ3) is 5.38. The zero-order valence-electron chi connectivity index (χ0n) is 19.6. The zero-order valence-corrected chi connectivity index (χ0v) is 20.4. The summed E-state index contributed by atoms with van der Waals surface area (Å²) in [5, 5.41) is 28.9. The number of nitrogens with zero attached hydrogens (tertiary/aromatic N) is 4. The van der Waals surface area contributed by atoms with Crippen molar-refractivity contribution >= 4 is 40.6 Å². The van der Waals surface area contributed by atoms with E-state index in [1.54, 1.807) is 32.0 Å². The molecule has 0 bridgehead atoms. The van der Waals surface area contributed by atoms with Crippen LogP contribution >= 0.6 is 11.8 Å². The second-order valence-electron chi connectivity index (χ2n) is 7.88. The van der Waals surface area contributed by atoms with E-state index in [2.05, 4.69) is 10.4 Å². The molecule has 0 saturated heterocycles. The van der Waals surface area contributed by atoms with Crippen LogP contribution in [0.15, 0.2) is 82.6 Å². The van der Waals surface area contributed by atoms with Gasteiger partial charge in [-0.1, -0.05) is 23.9 Å². The Hall–Kier alpha value is -4.84. The van der Waals surface area contributed by atoms with Crippen molar-refractivity contribution in [1.29, 1.82) is 0 Å². The summed E-state index contributed by atoms with van der Waals surface area (Å²) in [5.74, 6) is -0.859. The van der Waals surface area contributed by atoms with E-state index < -0.39 is 21.7 Å². The number of hydrogen-bond acceptors (Lipinski definition) is 8. The van der Waals surface area contributed by atoms with Gasteiger partial charge >= 0.3 is 0 Å². The molecule has 3 aromatic carbocycles. The van der Waals surface area contributed by atoms with Crippen molar-refractivity contribution in [2.24, 2.45) is 0 Å². The van der Waals surface area contributed by atoms with Crippen LogP contribution in [-0.4, -0.2) is 31.4 Å². The molecule has 0 spiro atoms. The number of anilines is 1. The molecule has 0 atom stereocenters. The summed E-state index contributed by atoms with van der Waals surface area (Å²) < 4.78 is 1.25. The van der Waals surface area contributed by atoms with E-state index in [0.717, 1.165) is 0 Å². The van der Waals surface area contributed by atoms with Crippen LogP contribution in [0.25, 0.3) is 0 Å². The van der Waals surface area contributed by atoms with Gasteiger partial charge in [0, 0.05) is 40.3 Å². The lowest BCUT2D eigenvalue weighted by Crippen LogP contribution is -2.15. The van der Waals surface area contributed by atoms with Crippen molar-refractivity contribution in [2.45, 2.75) is 23.6 Å². The van der Waals surface area contributed by atoms with Gasteiger partial charge in [-0.3, -0.25) is 29.8 Å². The first-order valence-corrected chi connectivity index (χ1v) is 11.7. The Morgan fingerprint density at radius 3 is 1.95 bits per heavy atom. The molecule has 0 aliphatic rings. The molecule has 0 fully saturated rings. The number of amides is 1. The summed E-state index contributed by atoms with van der Waals surface area (Å²) in [6.45, 7) is 3.50. The number of rotatable bonds is 7. The van der Waals surface area contributed by atoms with E-state index in [1.165, 1.54) is 65.0 Å². The summed E-state index contributed by atoms with van der Waals surface area (Å²) in [6.07, 6.45) is 0. The standard InChI is InChI=1S/C25H19N5O6S/c1-15-23(16(2)28(27-15)25(32)18-9-13-20(14-10-18)30(35)36)37-22-6-4-3-5-21(22)26-24(31)17-7-11-19(12-8-17)29(33)34/h3-14H,1-2H3,(H,26,31). The maximum Gasteiger partial charge on any atom is 0.278 e. The monoisotopic (exact) mass is 517 g/mol. The summed E-state index contributed by atoms with van der Waals surface area (Å²) >= 11 is 1.32. The Bertz CT molecular complexity index is 1530. The Labute approximate surface area is 214 Å². The summed E-state index contributed by atoms with van der Waals surface area (Å²) in [7, 11) is 0. The van der Waals surface area contributed by atoms with Gasteiger partial charge in [-0.2, -0.15) is 9.78 Å². The van der Waals surface area contributed by atoms with Gasteiger partial charge in [-0.15, -0.1) is 0 Å². The Kier molecular flexibility index (Phi) is 7.11. The van der Waals surface area contributed by atoms with Crippen LogP contribution in [-0.2, 0) is 0 Å². The van der Waals surface area contributed by atoms with Crippen molar-refractivity contribution < 1.29 is 19.4 Å². The number of para-hydroxylation sites is 1. The van der Waals surface area contributed by atoms with E-state index in [0.29, 0.717) is 26.9 Å². The molecule has 1 heterocycles. The second kappa shape index (κ2) is 10.4. The first-order chi connectivity index (χ1) is 17.7. The second-order valence-corrected chi connectivity index (χ2v) is 8.93. The minimum atomic E-state index is -0.538. The van der Waals surface area contributed by atoms with E-state index in [9.17, 15) is 29.8 Å². The summed E-state index contributed by atoms with van der Waals surface area (Å²) in [5.41, 5.74) is 1.97. The molecule has 0 radical (unpaired) electrons. The number of nitro benzene ring substituents is 2. The molecule has 0 aliphatic heterocycles. The van der Waals surface area contributed by atoms with Gasteiger partial charge in [-0.25, -0.2) is 0 Å². The van der Waals surface area contributed by atoms with Gasteiger partial charge in [0.1, 0.15) is 0 Å². The first kappa shape index (κ1) is 25.3. The molecule has 1 amide bonds. The Morgan fingerprint density at radius 1 is 0.838 bits per heavy atom. The Morgan fingerprint density at radius 2 is 1.38 bits per heavy atom. The number of carbonyl (C=O) groups excluding carboxylic acids is 2. The van der Waals surface area contributed by atoms with Gasteiger partial charge in [0.15, 0.2) is 0 Å². The third-order valence-corrected chi connectivity index (χ3v) is 6.80. The molecule has 0 unspecified atom stereocenters. The highest BCUT2D eigenvalue weighted by Gasteiger charge is 2.21. The topological polar surface area (TPSA) is 150 Å². The normalized spacial score (nSPS) is 10.6. The molecule has 1 N–H and O–H groups in total. The molecule has 1 aromatic heterocycles. The third-order valence-electron chi connectivity index (χ3n) is 5.43. The highest BCUT2D eigenvalue weighted by Crippen LogP contribution is 2.37. The minimum absolute atomic E-state index is 0.112. The molecular formula is C25H19N5O6S.